The molecule has 0 aliphatic carbocycles. The summed E-state index contributed by atoms with van der Waals surface area (Å²) in [6.07, 6.45) is 0.676. The Balaban J connectivity index is 1.94. The molecular formula is C13H16N2O2S2. The highest BCUT2D eigenvalue weighted by Gasteiger charge is 2.15. The Morgan fingerprint density at radius 2 is 1.89 bits per heavy atom. The second kappa shape index (κ2) is 6.29. The first-order valence-corrected chi connectivity index (χ1v) is 8.29. The number of hydrogen-bond acceptors (Lipinski definition) is 4. The van der Waals surface area contributed by atoms with Crippen LogP contribution in [0.15, 0.2) is 46.0 Å². The highest BCUT2D eigenvalue weighted by Crippen LogP contribution is 2.19. The third kappa shape index (κ3) is 3.87. The molecule has 19 heavy (non-hydrogen) atoms. The van der Waals surface area contributed by atoms with E-state index < -0.39 is 10.0 Å². The van der Waals surface area contributed by atoms with Gasteiger partial charge in [-0.3, -0.25) is 0 Å². The van der Waals surface area contributed by atoms with Gasteiger partial charge in [-0.15, -0.1) is 11.3 Å². The summed E-state index contributed by atoms with van der Waals surface area (Å²) in [6.45, 7) is 0.748. The fourth-order valence-corrected chi connectivity index (χ4v) is 3.95. The van der Waals surface area contributed by atoms with Crippen LogP contribution in [0.3, 0.4) is 0 Å². The molecule has 0 aliphatic rings. The number of hydrogen-bond donors (Lipinski definition) is 2. The fourth-order valence-electron chi connectivity index (χ4n) is 1.65. The van der Waals surface area contributed by atoms with Crippen LogP contribution in [0.2, 0.25) is 0 Å². The molecule has 0 amide bonds. The summed E-state index contributed by atoms with van der Waals surface area (Å²) in [5, 5.41) is 1.77. The first-order valence-electron chi connectivity index (χ1n) is 5.93. The van der Waals surface area contributed by atoms with Crippen LogP contribution < -0.4 is 10.5 Å². The van der Waals surface area contributed by atoms with E-state index in [0.29, 0.717) is 23.7 Å². The van der Waals surface area contributed by atoms with Crippen LogP contribution in [0, 0.1) is 0 Å². The summed E-state index contributed by atoms with van der Waals surface area (Å²) in [5.74, 6) is 0. The number of rotatable bonds is 6. The molecule has 0 bridgehead atoms. The Kier molecular flexibility index (Phi) is 4.71. The van der Waals surface area contributed by atoms with Crippen molar-refractivity contribution in [1.82, 2.24) is 4.72 Å². The zero-order valence-corrected chi connectivity index (χ0v) is 12.0. The monoisotopic (exact) mass is 296 g/mol. The van der Waals surface area contributed by atoms with Gasteiger partial charge in [0.05, 0.1) is 0 Å². The van der Waals surface area contributed by atoms with E-state index in [0.717, 1.165) is 11.1 Å². The highest BCUT2D eigenvalue weighted by molar-refractivity contribution is 7.91. The summed E-state index contributed by atoms with van der Waals surface area (Å²) in [7, 11) is -3.41. The maximum absolute atomic E-state index is 12.0. The van der Waals surface area contributed by atoms with Gasteiger partial charge in [-0.05, 0) is 29.0 Å². The summed E-state index contributed by atoms with van der Waals surface area (Å²) in [6, 6.07) is 11.4. The van der Waals surface area contributed by atoms with Gasteiger partial charge < -0.3 is 5.73 Å². The standard InChI is InChI=1S/C13H16N2O2S2/c14-9-12-8-13(18-10-12)19(16,17)15-7-6-11-4-2-1-3-5-11/h1-5,8,10,15H,6-7,9,14H2. The molecule has 0 unspecified atom stereocenters. The van der Waals surface area contributed by atoms with Crippen molar-refractivity contribution in [2.24, 2.45) is 5.73 Å². The lowest BCUT2D eigenvalue weighted by Crippen LogP contribution is -2.25. The van der Waals surface area contributed by atoms with Gasteiger partial charge in [0, 0.05) is 13.1 Å². The van der Waals surface area contributed by atoms with Gasteiger partial charge in [-0.2, -0.15) is 0 Å². The fraction of sp³-hybridized carbons (Fsp3) is 0.231. The molecule has 1 heterocycles. The molecule has 0 atom stereocenters. The first kappa shape index (κ1) is 14.2. The third-order valence-electron chi connectivity index (χ3n) is 2.68. The van der Waals surface area contributed by atoms with Gasteiger partial charge in [-0.25, -0.2) is 13.1 Å². The predicted molar refractivity (Wildman–Crippen MR) is 77.5 cm³/mol. The Labute approximate surface area is 117 Å². The molecule has 102 valence electrons. The van der Waals surface area contributed by atoms with E-state index >= 15 is 0 Å². The summed E-state index contributed by atoms with van der Waals surface area (Å²) in [4.78, 5) is 0. The molecule has 2 aromatic rings. The van der Waals surface area contributed by atoms with Gasteiger partial charge in [0.15, 0.2) is 0 Å². The maximum atomic E-state index is 12.0. The molecule has 0 fully saturated rings. The van der Waals surface area contributed by atoms with Crippen molar-refractivity contribution in [2.45, 2.75) is 17.2 Å². The molecular weight excluding hydrogens is 280 g/mol. The van der Waals surface area contributed by atoms with Crippen LogP contribution in [-0.2, 0) is 23.0 Å². The molecule has 0 aliphatic heterocycles. The van der Waals surface area contributed by atoms with Crippen LogP contribution in [0.1, 0.15) is 11.1 Å². The van der Waals surface area contributed by atoms with Crippen molar-refractivity contribution in [3.63, 3.8) is 0 Å². The number of benzene rings is 1. The summed E-state index contributed by atoms with van der Waals surface area (Å²) >= 11 is 1.20. The van der Waals surface area contributed by atoms with Crippen molar-refractivity contribution in [2.75, 3.05) is 6.54 Å². The second-order valence-electron chi connectivity index (χ2n) is 4.11. The molecule has 0 saturated heterocycles. The molecule has 2 rings (SSSR count). The molecule has 0 saturated carbocycles. The molecule has 3 N–H and O–H groups in total. The Bertz CT molecular complexity index is 621. The minimum Gasteiger partial charge on any atom is -0.326 e. The molecule has 0 spiro atoms. The topological polar surface area (TPSA) is 72.2 Å². The van der Waals surface area contributed by atoms with E-state index in [2.05, 4.69) is 4.72 Å². The van der Waals surface area contributed by atoms with Crippen molar-refractivity contribution in [3.8, 4) is 0 Å². The Hall–Kier alpha value is -1.21. The molecule has 1 aromatic carbocycles. The van der Waals surface area contributed by atoms with E-state index in [1.54, 1.807) is 11.4 Å². The highest BCUT2D eigenvalue weighted by atomic mass is 32.2. The van der Waals surface area contributed by atoms with E-state index in [-0.39, 0.29) is 0 Å². The Morgan fingerprint density at radius 3 is 2.53 bits per heavy atom. The van der Waals surface area contributed by atoms with Crippen LogP contribution in [0.25, 0.3) is 0 Å². The van der Waals surface area contributed by atoms with Crippen LogP contribution >= 0.6 is 11.3 Å². The lowest BCUT2D eigenvalue weighted by Gasteiger charge is -2.04. The zero-order valence-electron chi connectivity index (χ0n) is 10.4. The van der Waals surface area contributed by atoms with Gasteiger partial charge in [0.25, 0.3) is 0 Å². The summed E-state index contributed by atoms with van der Waals surface area (Å²) < 4.78 is 26.9. The van der Waals surface area contributed by atoms with Gasteiger partial charge in [-0.1, -0.05) is 30.3 Å². The van der Waals surface area contributed by atoms with Crippen molar-refractivity contribution in [1.29, 1.82) is 0 Å². The third-order valence-corrected chi connectivity index (χ3v) is 5.63. The minimum atomic E-state index is -3.41. The smallest absolute Gasteiger partial charge is 0.250 e. The lowest BCUT2D eigenvalue weighted by molar-refractivity contribution is 0.583. The van der Waals surface area contributed by atoms with Gasteiger partial charge >= 0.3 is 0 Å². The average Bonchev–Trinajstić information content (AvgIpc) is 2.89. The van der Waals surface area contributed by atoms with Crippen LogP contribution in [-0.4, -0.2) is 15.0 Å². The quantitative estimate of drug-likeness (QED) is 0.852. The summed E-state index contributed by atoms with van der Waals surface area (Å²) in [5.41, 5.74) is 7.43. The molecule has 1 aromatic heterocycles. The minimum absolute atomic E-state index is 0.320. The first-order chi connectivity index (χ1) is 9.12. The van der Waals surface area contributed by atoms with Crippen molar-refractivity contribution in [3.05, 3.63) is 52.9 Å². The Morgan fingerprint density at radius 1 is 1.16 bits per heavy atom. The van der Waals surface area contributed by atoms with Crippen molar-refractivity contribution >= 4 is 21.4 Å². The van der Waals surface area contributed by atoms with Crippen LogP contribution in [0.5, 0.6) is 0 Å². The number of thiophene rings is 1. The number of nitrogens with two attached hydrogens (primary N) is 1. The number of nitrogens with one attached hydrogen (secondary N) is 1. The normalized spacial score (nSPS) is 11.6. The van der Waals surface area contributed by atoms with E-state index in [4.69, 9.17) is 5.73 Å². The van der Waals surface area contributed by atoms with E-state index in [1.807, 2.05) is 30.3 Å². The number of sulfonamides is 1. The van der Waals surface area contributed by atoms with Crippen LogP contribution in [0.4, 0.5) is 0 Å². The SMILES string of the molecule is NCc1csc(S(=O)(=O)NCCc2ccccc2)c1. The lowest BCUT2D eigenvalue weighted by atomic mass is 10.2. The van der Waals surface area contributed by atoms with E-state index in [1.165, 1.54) is 11.3 Å². The molecule has 4 nitrogen and oxygen atoms in total. The zero-order chi connectivity index (χ0) is 13.7. The van der Waals surface area contributed by atoms with Gasteiger partial charge in [0.2, 0.25) is 10.0 Å². The maximum Gasteiger partial charge on any atom is 0.250 e. The largest absolute Gasteiger partial charge is 0.326 e. The molecule has 6 heteroatoms. The predicted octanol–water partition coefficient (Wildman–Crippen LogP) is 1.73. The van der Waals surface area contributed by atoms with E-state index in [9.17, 15) is 8.42 Å². The second-order valence-corrected chi connectivity index (χ2v) is 7.02. The molecule has 0 radical (unpaired) electrons. The average molecular weight is 296 g/mol. The van der Waals surface area contributed by atoms with Gasteiger partial charge in [0.1, 0.15) is 4.21 Å². The van der Waals surface area contributed by atoms with Crippen molar-refractivity contribution < 1.29 is 8.42 Å².